The maximum atomic E-state index is 12.9. The van der Waals surface area contributed by atoms with E-state index in [9.17, 15) is 14.4 Å². The molecule has 0 amide bonds. The SMILES string of the molecule is CCCCCCC/C=C\C/C=C\CCCCCCCCCCCCCCCCCCCCCCCC(=O)OCC(COC(=O)CCCCCCCC)OC(=O)CCCCCCCCCCCCCCCCCCCCCCCCCCCC. The van der Waals surface area contributed by atoms with Crippen molar-refractivity contribution in [1.82, 2.24) is 0 Å². The van der Waals surface area contributed by atoms with Crippen LogP contribution in [0.2, 0.25) is 0 Å². The summed E-state index contributed by atoms with van der Waals surface area (Å²) in [6, 6.07) is 0. The van der Waals surface area contributed by atoms with Gasteiger partial charge in [-0.15, -0.1) is 0 Å². The van der Waals surface area contributed by atoms with Gasteiger partial charge in [-0.25, -0.2) is 0 Å². The molecule has 0 rings (SSSR count). The molecule has 6 heteroatoms. The molecule has 0 bridgehead atoms. The molecule has 0 N–H and O–H groups in total. The Balaban J connectivity index is 3.91. The summed E-state index contributed by atoms with van der Waals surface area (Å²) in [6.45, 7) is 6.66. The van der Waals surface area contributed by atoms with Crippen LogP contribution in [0.3, 0.4) is 0 Å². The van der Waals surface area contributed by atoms with Crippen LogP contribution in [0.4, 0.5) is 0 Å². The third-order valence-electron chi connectivity index (χ3n) is 17.5. The van der Waals surface area contributed by atoms with Crippen molar-refractivity contribution in [2.24, 2.45) is 0 Å². The van der Waals surface area contributed by atoms with Crippen molar-refractivity contribution in [3.63, 3.8) is 0 Å². The van der Waals surface area contributed by atoms with E-state index in [1.807, 2.05) is 0 Å². The first-order valence-electron chi connectivity index (χ1n) is 37.8. The summed E-state index contributed by atoms with van der Waals surface area (Å²) in [7, 11) is 0. The lowest BCUT2D eigenvalue weighted by molar-refractivity contribution is -0.167. The van der Waals surface area contributed by atoms with Crippen molar-refractivity contribution in [3.05, 3.63) is 24.3 Å². The smallest absolute Gasteiger partial charge is 0.306 e. The van der Waals surface area contributed by atoms with Crippen LogP contribution in [0, 0.1) is 0 Å². The maximum Gasteiger partial charge on any atom is 0.306 e. The maximum absolute atomic E-state index is 12.9. The Morgan fingerprint density at radius 3 is 0.663 bits per heavy atom. The number of hydrogen-bond acceptors (Lipinski definition) is 6. The summed E-state index contributed by atoms with van der Waals surface area (Å²) < 4.78 is 16.9. The lowest BCUT2D eigenvalue weighted by Crippen LogP contribution is -2.30. The molecule has 0 saturated carbocycles. The number of allylic oxidation sites excluding steroid dienone is 4. The minimum Gasteiger partial charge on any atom is -0.462 e. The van der Waals surface area contributed by atoms with Crippen LogP contribution >= 0.6 is 0 Å². The second-order valence-electron chi connectivity index (χ2n) is 25.9. The van der Waals surface area contributed by atoms with Gasteiger partial charge in [0.1, 0.15) is 13.2 Å². The van der Waals surface area contributed by atoms with Crippen LogP contribution < -0.4 is 0 Å². The lowest BCUT2D eigenvalue weighted by atomic mass is 10.0. The number of ether oxygens (including phenoxy) is 3. The molecule has 0 radical (unpaired) electrons. The average Bonchev–Trinajstić information content (AvgIpc) is 3.49. The van der Waals surface area contributed by atoms with E-state index in [0.29, 0.717) is 19.3 Å². The first-order valence-corrected chi connectivity index (χ1v) is 37.8. The molecule has 83 heavy (non-hydrogen) atoms. The molecule has 0 spiro atoms. The van der Waals surface area contributed by atoms with Gasteiger partial charge in [-0.3, -0.25) is 14.4 Å². The van der Waals surface area contributed by atoms with Crippen molar-refractivity contribution < 1.29 is 28.6 Å². The molecule has 1 atom stereocenters. The predicted molar refractivity (Wildman–Crippen MR) is 363 cm³/mol. The Kier molecular flexibility index (Phi) is 70.5. The predicted octanol–water partition coefficient (Wildman–Crippen LogP) is 26.1. The fraction of sp³-hybridized carbons (Fsp3) is 0.909. The van der Waals surface area contributed by atoms with Crippen molar-refractivity contribution >= 4 is 17.9 Å². The summed E-state index contributed by atoms with van der Waals surface area (Å²) in [5.41, 5.74) is 0. The van der Waals surface area contributed by atoms with Gasteiger partial charge in [0, 0.05) is 19.3 Å². The molecule has 490 valence electrons. The Labute approximate surface area is 519 Å². The van der Waals surface area contributed by atoms with E-state index in [1.165, 1.54) is 327 Å². The minimum absolute atomic E-state index is 0.0639. The largest absolute Gasteiger partial charge is 0.462 e. The van der Waals surface area contributed by atoms with Crippen LogP contribution in [-0.4, -0.2) is 37.2 Å². The quantitative estimate of drug-likeness (QED) is 0.0261. The summed E-state index contributed by atoms with van der Waals surface area (Å²) >= 11 is 0. The standard InChI is InChI=1S/C77H146O6/c1-4-7-10-13-16-18-20-22-24-26-28-30-32-34-36-37-38-39-40-41-42-44-45-47-49-51-53-55-57-59-61-64-67-70-76(79)82-73-74(72-81-75(78)69-66-63-15-12-9-6-3)83-77(80)71-68-65-62-60-58-56-54-52-50-48-46-43-35-33-31-29-27-25-23-21-19-17-14-11-8-5-2/h20,22,26,28,74H,4-19,21,23-25,27,29-73H2,1-3H3/b22-20-,28-26-. The van der Waals surface area contributed by atoms with Gasteiger partial charge in [-0.2, -0.15) is 0 Å². The average molecular weight is 1170 g/mol. The zero-order chi connectivity index (χ0) is 59.9. The monoisotopic (exact) mass is 1170 g/mol. The van der Waals surface area contributed by atoms with Crippen molar-refractivity contribution in [1.29, 1.82) is 0 Å². The fourth-order valence-electron chi connectivity index (χ4n) is 11.8. The van der Waals surface area contributed by atoms with Gasteiger partial charge in [-0.05, 0) is 51.4 Å². The molecule has 6 nitrogen and oxygen atoms in total. The van der Waals surface area contributed by atoms with Gasteiger partial charge < -0.3 is 14.2 Å². The lowest BCUT2D eigenvalue weighted by Gasteiger charge is -2.18. The van der Waals surface area contributed by atoms with Gasteiger partial charge in [0.25, 0.3) is 0 Å². The molecular formula is C77H146O6. The first-order chi connectivity index (χ1) is 41.0. The Morgan fingerprint density at radius 1 is 0.241 bits per heavy atom. The van der Waals surface area contributed by atoms with Crippen LogP contribution in [0.15, 0.2) is 24.3 Å². The number of rotatable bonds is 71. The second kappa shape index (κ2) is 72.4. The molecule has 0 fully saturated rings. The molecule has 0 heterocycles. The zero-order valence-corrected chi connectivity index (χ0v) is 56.5. The van der Waals surface area contributed by atoms with Crippen molar-refractivity contribution in [2.45, 2.75) is 438 Å². The van der Waals surface area contributed by atoms with E-state index in [0.717, 1.165) is 64.2 Å². The summed E-state index contributed by atoms with van der Waals surface area (Å²) in [5, 5.41) is 0. The second-order valence-corrected chi connectivity index (χ2v) is 25.9. The van der Waals surface area contributed by atoms with E-state index >= 15 is 0 Å². The highest BCUT2D eigenvalue weighted by atomic mass is 16.6. The van der Waals surface area contributed by atoms with E-state index < -0.39 is 6.10 Å². The molecule has 0 aromatic rings. The molecular weight excluding hydrogens is 1020 g/mol. The van der Waals surface area contributed by atoms with Crippen LogP contribution in [0.5, 0.6) is 0 Å². The van der Waals surface area contributed by atoms with E-state index in [4.69, 9.17) is 14.2 Å². The Hall–Kier alpha value is -2.11. The Morgan fingerprint density at radius 2 is 0.434 bits per heavy atom. The summed E-state index contributed by atoms with van der Waals surface area (Å²) in [4.78, 5) is 38.2. The van der Waals surface area contributed by atoms with E-state index in [-0.39, 0.29) is 31.1 Å². The highest BCUT2D eigenvalue weighted by molar-refractivity contribution is 5.71. The number of hydrogen-bond donors (Lipinski definition) is 0. The van der Waals surface area contributed by atoms with Gasteiger partial charge in [0.2, 0.25) is 0 Å². The third-order valence-corrected chi connectivity index (χ3v) is 17.5. The normalized spacial score (nSPS) is 12.1. The van der Waals surface area contributed by atoms with Gasteiger partial charge >= 0.3 is 17.9 Å². The molecule has 0 aromatic carbocycles. The number of esters is 3. The van der Waals surface area contributed by atoms with Gasteiger partial charge in [-0.1, -0.05) is 385 Å². The number of carbonyl (C=O) groups is 3. The minimum atomic E-state index is -0.764. The van der Waals surface area contributed by atoms with Gasteiger partial charge in [0.15, 0.2) is 6.10 Å². The summed E-state index contributed by atoms with van der Waals surface area (Å²) in [5.74, 6) is -0.841. The number of unbranched alkanes of at least 4 members (excludes halogenated alkanes) is 56. The molecule has 0 saturated heterocycles. The van der Waals surface area contributed by atoms with Crippen LogP contribution in [0.25, 0.3) is 0 Å². The number of carbonyl (C=O) groups excluding carboxylic acids is 3. The Bertz CT molecular complexity index is 1340. The first kappa shape index (κ1) is 80.9. The molecule has 0 aliphatic rings. The molecule has 0 aliphatic carbocycles. The van der Waals surface area contributed by atoms with Gasteiger partial charge in [0.05, 0.1) is 0 Å². The highest BCUT2D eigenvalue weighted by Gasteiger charge is 2.20. The van der Waals surface area contributed by atoms with E-state index in [2.05, 4.69) is 45.1 Å². The van der Waals surface area contributed by atoms with Crippen LogP contribution in [0.1, 0.15) is 432 Å². The fourth-order valence-corrected chi connectivity index (χ4v) is 11.8. The third kappa shape index (κ3) is 70.5. The van der Waals surface area contributed by atoms with Crippen molar-refractivity contribution in [2.75, 3.05) is 13.2 Å². The molecule has 0 aliphatic heterocycles. The zero-order valence-electron chi connectivity index (χ0n) is 56.5. The van der Waals surface area contributed by atoms with E-state index in [1.54, 1.807) is 0 Å². The molecule has 1 unspecified atom stereocenters. The summed E-state index contributed by atoms with van der Waals surface area (Å²) in [6.07, 6.45) is 90.0. The van der Waals surface area contributed by atoms with Crippen LogP contribution in [-0.2, 0) is 28.6 Å². The van der Waals surface area contributed by atoms with Crippen molar-refractivity contribution in [3.8, 4) is 0 Å². The highest BCUT2D eigenvalue weighted by Crippen LogP contribution is 2.20. The topological polar surface area (TPSA) is 78.9 Å². The molecule has 0 aromatic heterocycles.